The summed E-state index contributed by atoms with van der Waals surface area (Å²) in [5.41, 5.74) is 0.673. The predicted molar refractivity (Wildman–Crippen MR) is 84.3 cm³/mol. The Morgan fingerprint density at radius 1 is 1.19 bits per heavy atom. The van der Waals surface area contributed by atoms with Crippen molar-refractivity contribution in [2.45, 2.75) is 40.2 Å². The lowest BCUT2D eigenvalue weighted by Crippen LogP contribution is -2.20. The Hall–Kier alpha value is -1.13. The third-order valence-electron chi connectivity index (χ3n) is 3.09. The molecule has 0 aromatic heterocycles. The van der Waals surface area contributed by atoms with Crippen LogP contribution in [0.25, 0.3) is 0 Å². The van der Waals surface area contributed by atoms with E-state index in [9.17, 15) is 4.39 Å². The van der Waals surface area contributed by atoms with Gasteiger partial charge in [0.25, 0.3) is 0 Å². The number of hydrogen-bond acceptors (Lipinski definition) is 3. The molecule has 1 unspecified atom stereocenters. The molecule has 0 saturated carbocycles. The molecule has 0 heterocycles. The number of nitrogens with one attached hydrogen (secondary N) is 1. The monoisotopic (exact) mass is 297 g/mol. The molecule has 0 amide bonds. The zero-order valence-electron chi connectivity index (χ0n) is 13.6. The molecule has 0 aliphatic carbocycles. The fourth-order valence-corrected chi connectivity index (χ4v) is 1.96. The molecular formula is C17H28FNO2. The maximum Gasteiger partial charge on any atom is 0.131 e. The van der Waals surface area contributed by atoms with Crippen LogP contribution in [0.1, 0.15) is 45.7 Å². The quantitative estimate of drug-likeness (QED) is 0.664. The first kappa shape index (κ1) is 17.9. The molecule has 3 nitrogen and oxygen atoms in total. The second kappa shape index (κ2) is 9.74. The highest BCUT2D eigenvalue weighted by Gasteiger charge is 2.11. The average Bonchev–Trinajstić information content (AvgIpc) is 2.44. The summed E-state index contributed by atoms with van der Waals surface area (Å²) in [6.07, 6.45) is 1.03. The Kier molecular flexibility index (Phi) is 8.31. The molecule has 120 valence electrons. The minimum absolute atomic E-state index is 0.00775. The predicted octanol–water partition coefficient (Wildman–Crippen LogP) is 3.94. The molecule has 1 aromatic carbocycles. The van der Waals surface area contributed by atoms with E-state index in [2.05, 4.69) is 26.1 Å². The van der Waals surface area contributed by atoms with Crippen molar-refractivity contribution < 1.29 is 13.9 Å². The standard InChI is InChI=1S/C17H28FNO2/c1-5-8-19-14(4)16-7-6-15(11-17(16)18)21-10-9-20-12-13(2)3/h6-7,11,13-14,19H,5,8-10,12H2,1-4H3. The molecule has 0 aliphatic heterocycles. The van der Waals surface area contributed by atoms with Crippen LogP contribution in [0.15, 0.2) is 18.2 Å². The smallest absolute Gasteiger partial charge is 0.131 e. The van der Waals surface area contributed by atoms with E-state index in [0.717, 1.165) is 19.6 Å². The third kappa shape index (κ3) is 6.91. The lowest BCUT2D eigenvalue weighted by molar-refractivity contribution is 0.0818. The number of ether oxygens (including phenoxy) is 2. The summed E-state index contributed by atoms with van der Waals surface area (Å²) in [6, 6.07) is 5.05. The van der Waals surface area contributed by atoms with Crippen molar-refractivity contribution in [3.63, 3.8) is 0 Å². The number of rotatable bonds is 10. The van der Waals surface area contributed by atoms with E-state index < -0.39 is 0 Å². The van der Waals surface area contributed by atoms with Crippen molar-refractivity contribution >= 4 is 0 Å². The van der Waals surface area contributed by atoms with Crippen LogP contribution in [0.3, 0.4) is 0 Å². The van der Waals surface area contributed by atoms with Gasteiger partial charge in [-0.05, 0) is 31.9 Å². The van der Waals surface area contributed by atoms with Gasteiger partial charge in [-0.2, -0.15) is 0 Å². The zero-order chi connectivity index (χ0) is 15.7. The Labute approximate surface area is 127 Å². The van der Waals surface area contributed by atoms with E-state index in [1.54, 1.807) is 6.07 Å². The highest BCUT2D eigenvalue weighted by Crippen LogP contribution is 2.21. The Morgan fingerprint density at radius 3 is 2.57 bits per heavy atom. The normalized spacial score (nSPS) is 12.7. The number of benzene rings is 1. The molecule has 21 heavy (non-hydrogen) atoms. The second-order valence-corrected chi connectivity index (χ2v) is 5.68. The fraction of sp³-hybridized carbons (Fsp3) is 0.647. The van der Waals surface area contributed by atoms with Gasteiger partial charge in [-0.3, -0.25) is 0 Å². The molecule has 0 bridgehead atoms. The largest absolute Gasteiger partial charge is 0.491 e. The molecule has 0 fully saturated rings. The van der Waals surface area contributed by atoms with E-state index in [0.29, 0.717) is 30.4 Å². The van der Waals surface area contributed by atoms with Gasteiger partial charge < -0.3 is 14.8 Å². The molecule has 4 heteroatoms. The van der Waals surface area contributed by atoms with Gasteiger partial charge in [-0.25, -0.2) is 4.39 Å². The second-order valence-electron chi connectivity index (χ2n) is 5.68. The van der Waals surface area contributed by atoms with Crippen LogP contribution in [-0.2, 0) is 4.74 Å². The Bertz CT molecular complexity index is 410. The molecule has 1 rings (SSSR count). The van der Waals surface area contributed by atoms with Gasteiger partial charge in [0.1, 0.15) is 18.2 Å². The summed E-state index contributed by atoms with van der Waals surface area (Å²) in [6.45, 7) is 10.8. The van der Waals surface area contributed by atoms with Gasteiger partial charge in [-0.1, -0.05) is 26.8 Å². The molecule has 1 atom stereocenters. The van der Waals surface area contributed by atoms with Crippen LogP contribution >= 0.6 is 0 Å². The maximum absolute atomic E-state index is 14.1. The van der Waals surface area contributed by atoms with Gasteiger partial charge in [0, 0.05) is 24.3 Å². The van der Waals surface area contributed by atoms with Crippen molar-refractivity contribution in [3.8, 4) is 5.75 Å². The first-order chi connectivity index (χ1) is 10.0. The van der Waals surface area contributed by atoms with Gasteiger partial charge in [0.05, 0.1) is 6.61 Å². The van der Waals surface area contributed by atoms with Crippen LogP contribution in [0.2, 0.25) is 0 Å². The Morgan fingerprint density at radius 2 is 1.95 bits per heavy atom. The van der Waals surface area contributed by atoms with Crippen molar-refractivity contribution in [2.24, 2.45) is 5.92 Å². The van der Waals surface area contributed by atoms with Crippen LogP contribution < -0.4 is 10.1 Å². The lowest BCUT2D eigenvalue weighted by atomic mass is 10.1. The van der Waals surface area contributed by atoms with Crippen LogP contribution in [-0.4, -0.2) is 26.4 Å². The minimum atomic E-state index is -0.230. The highest BCUT2D eigenvalue weighted by molar-refractivity contribution is 5.30. The van der Waals surface area contributed by atoms with Gasteiger partial charge in [0.15, 0.2) is 0 Å². The maximum atomic E-state index is 14.1. The van der Waals surface area contributed by atoms with Crippen molar-refractivity contribution in [1.29, 1.82) is 0 Å². The molecule has 0 radical (unpaired) electrons. The van der Waals surface area contributed by atoms with E-state index in [1.807, 2.05) is 13.0 Å². The summed E-state index contributed by atoms with van der Waals surface area (Å²) in [5.74, 6) is 0.831. The molecular weight excluding hydrogens is 269 g/mol. The molecule has 0 saturated heterocycles. The summed E-state index contributed by atoms with van der Waals surface area (Å²) in [5, 5.41) is 3.28. The van der Waals surface area contributed by atoms with Crippen molar-refractivity contribution in [1.82, 2.24) is 5.32 Å². The van der Waals surface area contributed by atoms with Crippen LogP contribution in [0.4, 0.5) is 4.39 Å². The van der Waals surface area contributed by atoms with E-state index in [1.165, 1.54) is 6.07 Å². The van der Waals surface area contributed by atoms with Gasteiger partial charge in [0.2, 0.25) is 0 Å². The van der Waals surface area contributed by atoms with Gasteiger partial charge in [-0.15, -0.1) is 0 Å². The van der Waals surface area contributed by atoms with E-state index in [4.69, 9.17) is 9.47 Å². The molecule has 1 aromatic rings. The first-order valence-corrected chi connectivity index (χ1v) is 7.78. The van der Waals surface area contributed by atoms with Crippen LogP contribution in [0, 0.1) is 11.7 Å². The molecule has 0 aliphatic rings. The van der Waals surface area contributed by atoms with Crippen molar-refractivity contribution in [3.05, 3.63) is 29.6 Å². The highest BCUT2D eigenvalue weighted by atomic mass is 19.1. The number of hydrogen-bond donors (Lipinski definition) is 1. The zero-order valence-corrected chi connectivity index (χ0v) is 13.6. The average molecular weight is 297 g/mol. The summed E-state index contributed by atoms with van der Waals surface area (Å²) in [7, 11) is 0. The summed E-state index contributed by atoms with van der Waals surface area (Å²) >= 11 is 0. The lowest BCUT2D eigenvalue weighted by Gasteiger charge is -2.15. The molecule has 1 N–H and O–H groups in total. The third-order valence-corrected chi connectivity index (χ3v) is 3.09. The summed E-state index contributed by atoms with van der Waals surface area (Å²) < 4.78 is 25.0. The fourth-order valence-electron chi connectivity index (χ4n) is 1.96. The SMILES string of the molecule is CCCNC(C)c1ccc(OCCOCC(C)C)cc1F. The first-order valence-electron chi connectivity index (χ1n) is 7.78. The van der Waals surface area contributed by atoms with Gasteiger partial charge >= 0.3 is 0 Å². The van der Waals surface area contributed by atoms with Crippen LogP contribution in [0.5, 0.6) is 5.75 Å². The van der Waals surface area contributed by atoms with Crippen molar-refractivity contribution in [2.75, 3.05) is 26.4 Å². The Balaban J connectivity index is 2.42. The molecule has 0 spiro atoms. The minimum Gasteiger partial charge on any atom is -0.491 e. The van der Waals surface area contributed by atoms with E-state index >= 15 is 0 Å². The van der Waals surface area contributed by atoms with E-state index in [-0.39, 0.29) is 11.9 Å². The summed E-state index contributed by atoms with van der Waals surface area (Å²) in [4.78, 5) is 0. The topological polar surface area (TPSA) is 30.5 Å². The number of halogens is 1.